The Hall–Kier alpha value is -4.17. The summed E-state index contributed by atoms with van der Waals surface area (Å²) in [6, 6.07) is -5.65. The molecule has 0 spiro atoms. The Labute approximate surface area is 362 Å². The van der Waals surface area contributed by atoms with Crippen LogP contribution in [0.1, 0.15) is 39.0 Å². The van der Waals surface area contributed by atoms with Gasteiger partial charge in [0.1, 0.15) is 6.04 Å². The molecule has 2 amide bonds. The predicted molar refractivity (Wildman–Crippen MR) is 152 cm³/mol. The van der Waals surface area contributed by atoms with E-state index in [2.05, 4.69) is 9.47 Å². The summed E-state index contributed by atoms with van der Waals surface area (Å²) in [6.07, 6.45) is -18.1. The van der Waals surface area contributed by atoms with Crippen molar-refractivity contribution in [3.05, 3.63) is 0 Å². The molecule has 0 heterocycles. The number of amides is 2. The lowest BCUT2D eigenvalue weighted by Gasteiger charge is -2.42. The SMILES string of the molecule is CCCCCCNC(=O)NC(CC(=O)OCC(F)(F)C(F)(F)C(F)(F)C(F)(F)C(F)(F)C(F)(F)C(F)(F)C(F)(F)F)C(=O)OCC(F)(F)C(F)(F)C(F)(F)C(F)(F)C(F)(F)C(F)(F)C(F)(F)C(F)(F)F. The predicted octanol–water partition coefficient (Wildman–Crippen LogP) is 11.7. The van der Waals surface area contributed by atoms with E-state index in [-0.39, 0.29) is 12.8 Å². The third-order valence-corrected chi connectivity index (χ3v) is 8.66. The third kappa shape index (κ3) is 10.8. The van der Waals surface area contributed by atoms with Crippen LogP contribution in [0.2, 0.25) is 0 Å². The molecule has 1 unspecified atom stereocenters. The smallest absolute Gasteiger partial charge is 0.459 e. The standard InChI is InChI=1S/C29H22F34N2O5/c1-2-3-4-5-6-64-13(68)65-10(12(67)70-9-15(32,33)17(36,37)19(40,41)21(44,45)23(48,49)25(52,53)27(56,57)29(61,62)63)7-11(66)69-8-14(30,31)16(34,35)18(38,39)20(42,43)22(46,47)24(50,51)26(54,55)28(58,59)60/h10H,2-9H2,1H3,(H2,64,65,68). The van der Waals surface area contributed by atoms with Crippen LogP contribution in [0.15, 0.2) is 0 Å². The van der Waals surface area contributed by atoms with Gasteiger partial charge in [0, 0.05) is 6.54 Å². The molecule has 41 heteroatoms. The van der Waals surface area contributed by atoms with Gasteiger partial charge in [0.15, 0.2) is 13.2 Å². The molecule has 0 aromatic heterocycles. The first-order valence-electron chi connectivity index (χ1n) is 17.1. The van der Waals surface area contributed by atoms with Crippen LogP contribution in [-0.4, -0.2) is 139 Å². The maximum atomic E-state index is 14.3. The molecule has 0 aliphatic heterocycles. The molecule has 7 nitrogen and oxygen atoms in total. The second-order valence-electron chi connectivity index (χ2n) is 13.8. The Kier molecular flexibility index (Phi) is 18.5. The number of halogens is 34. The van der Waals surface area contributed by atoms with E-state index < -0.39 is 145 Å². The fraction of sp³-hybridized carbons (Fsp3) is 0.897. The minimum Gasteiger partial charge on any atom is -0.459 e. The molecule has 70 heavy (non-hydrogen) atoms. The maximum Gasteiger partial charge on any atom is 0.460 e. The number of unbranched alkanes of at least 4 members (excludes halogenated alkanes) is 3. The number of carbonyl (C=O) groups excluding carboxylic acids is 3. The van der Waals surface area contributed by atoms with Crippen molar-refractivity contribution in [1.82, 2.24) is 10.6 Å². The van der Waals surface area contributed by atoms with Crippen LogP contribution in [0.4, 0.5) is 154 Å². The van der Waals surface area contributed by atoms with Crippen LogP contribution in [-0.2, 0) is 19.1 Å². The molecule has 0 aromatic rings. The quantitative estimate of drug-likeness (QED) is 0.0540. The van der Waals surface area contributed by atoms with Crippen LogP contribution in [0, 0.1) is 0 Å². The number of esters is 2. The van der Waals surface area contributed by atoms with Gasteiger partial charge in [0.2, 0.25) is 0 Å². The summed E-state index contributed by atoms with van der Waals surface area (Å²) in [5.41, 5.74) is 0. The number of carbonyl (C=O) groups is 3. The Bertz CT molecular complexity index is 1820. The Balaban J connectivity index is 6.92. The molecular weight excluding hydrogens is 1100 g/mol. The molecule has 2 N–H and O–H groups in total. The van der Waals surface area contributed by atoms with Gasteiger partial charge in [0.05, 0.1) is 6.42 Å². The molecule has 416 valence electrons. The number of rotatable bonds is 25. The Morgan fingerprint density at radius 2 is 0.671 bits per heavy atom. The van der Waals surface area contributed by atoms with E-state index in [1.807, 2.05) is 0 Å². The molecule has 0 aromatic carbocycles. The van der Waals surface area contributed by atoms with Crippen LogP contribution in [0.3, 0.4) is 0 Å². The van der Waals surface area contributed by atoms with Gasteiger partial charge >= 0.3 is 113 Å². The van der Waals surface area contributed by atoms with E-state index in [1.165, 1.54) is 0 Å². The molecule has 1 atom stereocenters. The first-order chi connectivity index (χ1) is 30.3. The Morgan fingerprint density at radius 1 is 0.386 bits per heavy atom. The molecule has 0 aliphatic rings. The molecule has 0 saturated heterocycles. The molecule has 0 rings (SSSR count). The molecule has 0 saturated carbocycles. The summed E-state index contributed by atoms with van der Waals surface area (Å²) in [5.74, 6) is -128. The highest BCUT2D eigenvalue weighted by atomic mass is 19.4. The van der Waals surface area contributed by atoms with Gasteiger partial charge in [0.25, 0.3) is 0 Å². The lowest BCUT2D eigenvalue weighted by Crippen LogP contribution is -2.74. The van der Waals surface area contributed by atoms with Gasteiger partial charge < -0.3 is 20.1 Å². The lowest BCUT2D eigenvalue weighted by atomic mass is 9.89. The first-order valence-corrected chi connectivity index (χ1v) is 17.1. The summed E-state index contributed by atoms with van der Waals surface area (Å²) in [4.78, 5) is 36.5. The zero-order valence-electron chi connectivity index (χ0n) is 32.6. The Morgan fingerprint density at radius 3 is 0.971 bits per heavy atom. The highest BCUT2D eigenvalue weighted by Crippen LogP contribution is 2.66. The number of alkyl halides is 34. The van der Waals surface area contributed by atoms with Crippen LogP contribution < -0.4 is 10.6 Å². The molecular formula is C29H22F34N2O5. The second-order valence-corrected chi connectivity index (χ2v) is 13.8. The van der Waals surface area contributed by atoms with Crippen molar-refractivity contribution in [3.8, 4) is 0 Å². The third-order valence-electron chi connectivity index (χ3n) is 8.66. The van der Waals surface area contributed by atoms with E-state index in [9.17, 15) is 164 Å². The topological polar surface area (TPSA) is 93.7 Å². The number of ether oxygens (including phenoxy) is 2. The molecule has 0 radical (unpaired) electrons. The van der Waals surface area contributed by atoms with Crippen molar-refractivity contribution in [2.75, 3.05) is 19.8 Å². The summed E-state index contributed by atoms with van der Waals surface area (Å²) in [7, 11) is 0. The van der Waals surface area contributed by atoms with Gasteiger partial charge in [-0.05, 0) is 6.42 Å². The number of hydrogen-bond acceptors (Lipinski definition) is 5. The van der Waals surface area contributed by atoms with E-state index in [0.29, 0.717) is 12.8 Å². The van der Waals surface area contributed by atoms with Gasteiger partial charge in [-0.15, -0.1) is 0 Å². The average Bonchev–Trinajstić information content (AvgIpc) is 3.16. The summed E-state index contributed by atoms with van der Waals surface area (Å²) in [5, 5.41) is 2.55. The average molecular weight is 1120 g/mol. The van der Waals surface area contributed by atoms with Crippen molar-refractivity contribution in [1.29, 1.82) is 0 Å². The summed E-state index contributed by atoms with van der Waals surface area (Å²) >= 11 is 0. The van der Waals surface area contributed by atoms with Crippen LogP contribution in [0.25, 0.3) is 0 Å². The van der Waals surface area contributed by atoms with Crippen molar-refractivity contribution >= 4 is 18.0 Å². The normalized spacial score (nSPS) is 15.9. The number of nitrogens with one attached hydrogen (secondary N) is 2. The zero-order valence-corrected chi connectivity index (χ0v) is 32.6. The van der Waals surface area contributed by atoms with E-state index in [0.717, 1.165) is 5.32 Å². The minimum absolute atomic E-state index is 0.126. The largest absolute Gasteiger partial charge is 0.460 e. The van der Waals surface area contributed by atoms with Crippen molar-refractivity contribution < 1.29 is 173 Å². The zero-order chi connectivity index (χ0) is 56.8. The minimum atomic E-state index is -9.18. The van der Waals surface area contributed by atoms with Gasteiger partial charge in [-0.25, -0.2) is 9.59 Å². The van der Waals surface area contributed by atoms with Gasteiger partial charge in [-0.2, -0.15) is 149 Å². The first kappa shape index (κ1) is 65.8. The highest BCUT2D eigenvalue weighted by Gasteiger charge is 2.97. The molecule has 0 aliphatic carbocycles. The summed E-state index contributed by atoms with van der Waals surface area (Å²) < 4.78 is 466. The highest BCUT2D eigenvalue weighted by molar-refractivity contribution is 5.87. The van der Waals surface area contributed by atoms with Crippen molar-refractivity contribution in [2.24, 2.45) is 0 Å². The lowest BCUT2D eigenvalue weighted by molar-refractivity contribution is -0.462. The fourth-order valence-corrected chi connectivity index (χ4v) is 4.39. The fourth-order valence-electron chi connectivity index (χ4n) is 4.39. The van der Waals surface area contributed by atoms with Crippen LogP contribution >= 0.6 is 0 Å². The van der Waals surface area contributed by atoms with Crippen molar-refractivity contribution in [3.63, 3.8) is 0 Å². The van der Waals surface area contributed by atoms with E-state index in [1.54, 1.807) is 12.2 Å². The summed E-state index contributed by atoms with van der Waals surface area (Å²) in [6.45, 7) is -7.33. The molecule has 0 fully saturated rings. The molecule has 0 bridgehead atoms. The van der Waals surface area contributed by atoms with E-state index in [4.69, 9.17) is 0 Å². The van der Waals surface area contributed by atoms with Gasteiger partial charge in [-0.3, -0.25) is 4.79 Å². The maximum absolute atomic E-state index is 14.3. The van der Waals surface area contributed by atoms with Crippen LogP contribution in [0.5, 0.6) is 0 Å². The number of hydrogen-bond donors (Lipinski definition) is 2. The monoisotopic (exact) mass is 1120 g/mol. The second kappa shape index (κ2) is 19.7. The number of urea groups is 1. The van der Waals surface area contributed by atoms with Gasteiger partial charge in [-0.1, -0.05) is 26.2 Å². The van der Waals surface area contributed by atoms with E-state index >= 15 is 0 Å². The van der Waals surface area contributed by atoms with Crippen molar-refractivity contribution in [2.45, 2.75) is 140 Å².